The van der Waals surface area contributed by atoms with Gasteiger partial charge < -0.3 is 19.7 Å². The molecule has 2 atom stereocenters. The number of rotatable bonds is 2. The summed E-state index contributed by atoms with van der Waals surface area (Å²) in [6.45, 7) is 4.93. The molecule has 0 bridgehead atoms. The molecule has 2 amide bonds. The van der Waals surface area contributed by atoms with E-state index in [9.17, 15) is 9.59 Å². The topological polar surface area (TPSA) is 67.9 Å². The Morgan fingerprint density at radius 3 is 2.81 bits per heavy atom. The van der Waals surface area contributed by atoms with Gasteiger partial charge in [0, 0.05) is 37.5 Å². The van der Waals surface area contributed by atoms with Crippen molar-refractivity contribution in [2.75, 3.05) is 24.8 Å². The van der Waals surface area contributed by atoms with Crippen LogP contribution in [0.5, 0.6) is 5.75 Å². The summed E-state index contributed by atoms with van der Waals surface area (Å²) < 4.78 is 11.9. The van der Waals surface area contributed by atoms with Crippen LogP contribution in [0.25, 0.3) is 0 Å². The highest BCUT2D eigenvalue weighted by Crippen LogP contribution is 2.44. The second-order valence-electron chi connectivity index (χ2n) is 7.71. The van der Waals surface area contributed by atoms with E-state index < -0.39 is 6.04 Å². The number of benzene rings is 1. The Morgan fingerprint density at radius 2 is 2.07 bits per heavy atom. The fraction of sp³-hybridized carbons (Fsp3) is 0.600. The molecule has 2 saturated heterocycles. The van der Waals surface area contributed by atoms with Gasteiger partial charge in [-0.3, -0.25) is 9.59 Å². The highest BCUT2D eigenvalue weighted by molar-refractivity contribution is 7.99. The van der Waals surface area contributed by atoms with Gasteiger partial charge in [0.15, 0.2) is 0 Å². The van der Waals surface area contributed by atoms with E-state index in [1.807, 2.05) is 19.1 Å². The second-order valence-corrected chi connectivity index (χ2v) is 8.71. The maximum atomic E-state index is 13.0. The van der Waals surface area contributed by atoms with Crippen LogP contribution >= 0.6 is 11.8 Å². The molecule has 3 heterocycles. The molecule has 146 valence electrons. The number of hydrogen-bond donors (Lipinski definition) is 1. The van der Waals surface area contributed by atoms with Crippen LogP contribution in [0.15, 0.2) is 18.2 Å². The van der Waals surface area contributed by atoms with E-state index in [2.05, 4.69) is 11.4 Å². The number of aryl methyl sites for hydroxylation is 1. The van der Waals surface area contributed by atoms with Crippen molar-refractivity contribution in [1.29, 1.82) is 0 Å². The largest absolute Gasteiger partial charge is 0.487 e. The van der Waals surface area contributed by atoms with Crippen LogP contribution in [-0.2, 0) is 14.3 Å². The van der Waals surface area contributed by atoms with Crippen LogP contribution in [-0.4, -0.2) is 53.2 Å². The lowest BCUT2D eigenvalue weighted by Gasteiger charge is -2.44. The smallest absolute Gasteiger partial charge is 0.244 e. The molecule has 2 fully saturated rings. The van der Waals surface area contributed by atoms with Gasteiger partial charge in [0.25, 0.3) is 0 Å². The van der Waals surface area contributed by atoms with Crippen molar-refractivity contribution in [3.63, 3.8) is 0 Å². The number of fused-ring (bicyclic) bond motifs is 1. The minimum atomic E-state index is -0.394. The van der Waals surface area contributed by atoms with Crippen LogP contribution in [0.1, 0.15) is 43.4 Å². The lowest BCUT2D eigenvalue weighted by atomic mass is 9.81. The van der Waals surface area contributed by atoms with Crippen LogP contribution in [0, 0.1) is 6.92 Å². The Labute approximate surface area is 164 Å². The molecule has 6 nitrogen and oxygen atoms in total. The molecule has 1 spiro atoms. The molecule has 0 saturated carbocycles. The predicted molar refractivity (Wildman–Crippen MR) is 104 cm³/mol. The second kappa shape index (κ2) is 7.36. The normalized spacial score (nSPS) is 26.4. The summed E-state index contributed by atoms with van der Waals surface area (Å²) in [5.74, 6) is 1.95. The number of thioether (sulfide) groups is 1. The first kappa shape index (κ1) is 18.6. The van der Waals surface area contributed by atoms with E-state index in [0.29, 0.717) is 24.8 Å². The Bertz CT molecular complexity index is 747. The molecule has 4 rings (SSSR count). The summed E-state index contributed by atoms with van der Waals surface area (Å²) in [7, 11) is 0. The van der Waals surface area contributed by atoms with Crippen molar-refractivity contribution in [3.8, 4) is 5.75 Å². The van der Waals surface area contributed by atoms with Crippen molar-refractivity contribution >= 4 is 23.6 Å². The first-order valence-corrected chi connectivity index (χ1v) is 10.7. The number of carbonyl (C=O) groups excluding carboxylic acids is 2. The molecule has 0 aromatic heterocycles. The zero-order chi connectivity index (χ0) is 19.0. The van der Waals surface area contributed by atoms with Gasteiger partial charge >= 0.3 is 0 Å². The number of ether oxygens (including phenoxy) is 2. The van der Waals surface area contributed by atoms with E-state index in [1.165, 1.54) is 6.92 Å². The summed E-state index contributed by atoms with van der Waals surface area (Å²) >= 11 is 1.62. The Kier molecular flexibility index (Phi) is 5.07. The quantitative estimate of drug-likeness (QED) is 0.840. The molecule has 0 aliphatic carbocycles. The zero-order valence-electron chi connectivity index (χ0n) is 15.8. The van der Waals surface area contributed by atoms with Gasteiger partial charge in [-0.1, -0.05) is 17.7 Å². The van der Waals surface area contributed by atoms with Gasteiger partial charge in [-0.25, -0.2) is 0 Å². The summed E-state index contributed by atoms with van der Waals surface area (Å²) in [6.07, 6.45) is 2.38. The number of carbonyl (C=O) groups is 2. The van der Waals surface area contributed by atoms with Gasteiger partial charge in [-0.2, -0.15) is 0 Å². The van der Waals surface area contributed by atoms with Crippen LogP contribution in [0.2, 0.25) is 0 Å². The molecular formula is C20H26N2O4S. The number of nitrogens with one attached hydrogen (secondary N) is 1. The Balaban J connectivity index is 1.59. The monoisotopic (exact) mass is 390 g/mol. The highest BCUT2D eigenvalue weighted by Gasteiger charge is 2.44. The van der Waals surface area contributed by atoms with Crippen molar-refractivity contribution in [1.82, 2.24) is 10.2 Å². The molecule has 3 aliphatic rings. The minimum Gasteiger partial charge on any atom is -0.487 e. The average molecular weight is 391 g/mol. The van der Waals surface area contributed by atoms with Crippen LogP contribution in [0.4, 0.5) is 0 Å². The fourth-order valence-corrected chi connectivity index (χ4v) is 5.42. The highest BCUT2D eigenvalue weighted by atomic mass is 32.2. The lowest BCUT2D eigenvalue weighted by molar-refractivity contribution is -0.137. The van der Waals surface area contributed by atoms with Gasteiger partial charge in [-0.05, 0) is 13.0 Å². The third kappa shape index (κ3) is 3.67. The van der Waals surface area contributed by atoms with Crippen molar-refractivity contribution in [3.05, 3.63) is 29.3 Å². The first-order valence-electron chi connectivity index (χ1n) is 9.50. The van der Waals surface area contributed by atoms with Gasteiger partial charge in [0.2, 0.25) is 11.8 Å². The molecule has 3 aliphatic heterocycles. The van der Waals surface area contributed by atoms with Gasteiger partial charge in [-0.15, -0.1) is 11.8 Å². The van der Waals surface area contributed by atoms with E-state index >= 15 is 0 Å². The molecule has 0 radical (unpaired) electrons. The van der Waals surface area contributed by atoms with E-state index in [0.717, 1.165) is 36.1 Å². The maximum Gasteiger partial charge on any atom is 0.244 e. The molecule has 27 heavy (non-hydrogen) atoms. The fourth-order valence-electron chi connectivity index (χ4n) is 4.21. The lowest BCUT2D eigenvalue weighted by Crippen LogP contribution is -2.52. The van der Waals surface area contributed by atoms with Crippen molar-refractivity contribution in [2.45, 2.75) is 50.8 Å². The van der Waals surface area contributed by atoms with Gasteiger partial charge in [0.1, 0.15) is 17.4 Å². The molecule has 1 N–H and O–H groups in total. The van der Waals surface area contributed by atoms with Gasteiger partial charge in [0.05, 0.1) is 25.1 Å². The van der Waals surface area contributed by atoms with Crippen molar-refractivity contribution in [2.24, 2.45) is 0 Å². The third-order valence-electron chi connectivity index (χ3n) is 5.75. The number of hydrogen-bond acceptors (Lipinski definition) is 5. The average Bonchev–Trinajstić information content (AvgIpc) is 3.13. The molecule has 1 aromatic carbocycles. The SMILES string of the molecule is CC(=O)N1CSC[C@H]1C(=O)N[C@@H]1CC2(CCOCC2)Oc2ccc(C)cc21. The molecule has 0 unspecified atom stereocenters. The summed E-state index contributed by atoms with van der Waals surface area (Å²) in [6, 6.07) is 5.64. The standard InChI is InChI=1S/C20H26N2O4S/c1-13-3-4-18-15(9-13)16(10-20(26-18)5-7-25-8-6-20)21-19(24)17-11-27-12-22(17)14(2)23/h3-4,9,16-17H,5-8,10-12H2,1-2H3,(H,21,24)/t16-,17+/m1/s1. The first-order chi connectivity index (χ1) is 13.0. The number of amides is 2. The van der Waals surface area contributed by atoms with Crippen molar-refractivity contribution < 1.29 is 19.1 Å². The molecule has 1 aromatic rings. The maximum absolute atomic E-state index is 13.0. The molecule has 7 heteroatoms. The van der Waals surface area contributed by atoms with E-state index in [1.54, 1.807) is 16.7 Å². The summed E-state index contributed by atoms with van der Waals surface area (Å²) in [5.41, 5.74) is 1.88. The summed E-state index contributed by atoms with van der Waals surface area (Å²) in [5, 5.41) is 3.23. The third-order valence-corrected chi connectivity index (χ3v) is 6.77. The Hall–Kier alpha value is -1.73. The zero-order valence-corrected chi connectivity index (χ0v) is 16.6. The Morgan fingerprint density at radius 1 is 1.30 bits per heavy atom. The van der Waals surface area contributed by atoms with E-state index in [4.69, 9.17) is 9.47 Å². The van der Waals surface area contributed by atoms with Crippen LogP contribution in [0.3, 0.4) is 0 Å². The van der Waals surface area contributed by atoms with E-state index in [-0.39, 0.29) is 23.5 Å². The summed E-state index contributed by atoms with van der Waals surface area (Å²) in [4.78, 5) is 26.5. The van der Waals surface area contributed by atoms with Crippen LogP contribution < -0.4 is 10.1 Å². The molecular weight excluding hydrogens is 364 g/mol. The predicted octanol–water partition coefficient (Wildman–Crippen LogP) is 2.41. The minimum absolute atomic E-state index is 0.0516. The number of nitrogens with zero attached hydrogens (tertiary/aromatic N) is 1.